The number of aromatic hydroxyl groups is 1. The number of phenols is 1. The zero-order valence-corrected chi connectivity index (χ0v) is 7.20. The van der Waals surface area contributed by atoms with E-state index in [0.29, 0.717) is 18.7 Å². The largest absolute Gasteiger partial charge is 0.508 e. The lowest BCUT2D eigenvalue weighted by Gasteiger charge is -2.13. The molecule has 0 bridgehead atoms. The van der Waals surface area contributed by atoms with Gasteiger partial charge in [-0.1, -0.05) is 0 Å². The Bertz CT molecular complexity index is 287. The van der Waals surface area contributed by atoms with Crippen LogP contribution in [-0.4, -0.2) is 18.2 Å². The Labute approximate surface area is 76.2 Å². The van der Waals surface area contributed by atoms with E-state index in [2.05, 4.69) is 0 Å². The van der Waals surface area contributed by atoms with Gasteiger partial charge in [-0.3, -0.25) is 0 Å². The Morgan fingerprint density at radius 2 is 1.92 bits per heavy atom. The number of hydrogen-bond donors (Lipinski definition) is 3. The van der Waals surface area contributed by atoms with Crippen LogP contribution in [0.5, 0.6) is 5.75 Å². The van der Waals surface area contributed by atoms with Crippen molar-refractivity contribution in [2.24, 2.45) is 11.5 Å². The molecular formula is C9H13FN2O. The number of phenolic OH excluding ortho intramolecular Hbond substituents is 1. The van der Waals surface area contributed by atoms with Gasteiger partial charge in [0.15, 0.2) is 0 Å². The average Bonchev–Trinajstić information content (AvgIpc) is 2.13. The number of nitrogens with two attached hydrogens (primary N) is 2. The van der Waals surface area contributed by atoms with Crippen LogP contribution < -0.4 is 11.5 Å². The summed E-state index contributed by atoms with van der Waals surface area (Å²) in [6.45, 7) is 0.598. The SMILES string of the molecule is NCC(CN)c1cc(F)ccc1O. The lowest BCUT2D eigenvalue weighted by molar-refractivity contribution is 0.458. The second-order valence-electron chi connectivity index (χ2n) is 2.87. The second kappa shape index (κ2) is 4.20. The van der Waals surface area contributed by atoms with E-state index >= 15 is 0 Å². The van der Waals surface area contributed by atoms with Crippen molar-refractivity contribution in [1.82, 2.24) is 0 Å². The molecule has 5 N–H and O–H groups in total. The van der Waals surface area contributed by atoms with Crippen LogP contribution in [0.25, 0.3) is 0 Å². The van der Waals surface area contributed by atoms with Gasteiger partial charge in [0, 0.05) is 24.6 Å². The highest BCUT2D eigenvalue weighted by Gasteiger charge is 2.12. The first-order valence-electron chi connectivity index (χ1n) is 4.07. The molecule has 0 aliphatic rings. The highest BCUT2D eigenvalue weighted by atomic mass is 19.1. The number of benzene rings is 1. The molecule has 0 saturated carbocycles. The van der Waals surface area contributed by atoms with Crippen molar-refractivity contribution < 1.29 is 9.50 Å². The minimum atomic E-state index is -0.389. The Morgan fingerprint density at radius 3 is 2.46 bits per heavy atom. The second-order valence-corrected chi connectivity index (χ2v) is 2.87. The van der Waals surface area contributed by atoms with Crippen LogP contribution in [0.15, 0.2) is 18.2 Å². The van der Waals surface area contributed by atoms with Crippen LogP contribution in [0, 0.1) is 5.82 Å². The Hall–Kier alpha value is -1.13. The molecule has 0 radical (unpaired) electrons. The maximum atomic E-state index is 12.8. The summed E-state index contributed by atoms with van der Waals surface area (Å²) >= 11 is 0. The first-order valence-corrected chi connectivity index (χ1v) is 4.07. The Kier molecular flexibility index (Phi) is 3.22. The zero-order chi connectivity index (χ0) is 9.84. The smallest absolute Gasteiger partial charge is 0.123 e. The van der Waals surface area contributed by atoms with Crippen molar-refractivity contribution in [3.05, 3.63) is 29.6 Å². The van der Waals surface area contributed by atoms with Crippen molar-refractivity contribution in [3.8, 4) is 5.75 Å². The summed E-state index contributed by atoms with van der Waals surface area (Å²) in [6.07, 6.45) is 0. The van der Waals surface area contributed by atoms with E-state index in [9.17, 15) is 9.50 Å². The third-order valence-electron chi connectivity index (χ3n) is 2.00. The Balaban J connectivity index is 3.03. The van der Waals surface area contributed by atoms with E-state index in [1.807, 2.05) is 0 Å². The minimum Gasteiger partial charge on any atom is -0.508 e. The van der Waals surface area contributed by atoms with Crippen LogP contribution in [-0.2, 0) is 0 Å². The quantitative estimate of drug-likeness (QED) is 0.641. The molecule has 0 aliphatic heterocycles. The van der Waals surface area contributed by atoms with Gasteiger partial charge in [0.05, 0.1) is 0 Å². The molecule has 13 heavy (non-hydrogen) atoms. The lowest BCUT2D eigenvalue weighted by atomic mass is 9.98. The summed E-state index contributed by atoms with van der Waals surface area (Å²) in [4.78, 5) is 0. The highest BCUT2D eigenvalue weighted by molar-refractivity contribution is 5.35. The van der Waals surface area contributed by atoms with Crippen molar-refractivity contribution in [2.75, 3.05) is 13.1 Å². The van der Waals surface area contributed by atoms with Crippen LogP contribution in [0.3, 0.4) is 0 Å². The molecule has 0 saturated heterocycles. The summed E-state index contributed by atoms with van der Waals surface area (Å²) in [6, 6.07) is 3.77. The van der Waals surface area contributed by atoms with Gasteiger partial charge in [0.25, 0.3) is 0 Å². The van der Waals surface area contributed by atoms with E-state index in [0.717, 1.165) is 0 Å². The van der Waals surface area contributed by atoms with E-state index < -0.39 is 0 Å². The molecule has 0 aliphatic carbocycles. The molecule has 0 unspecified atom stereocenters. The third kappa shape index (κ3) is 2.17. The molecule has 72 valence electrons. The predicted molar refractivity (Wildman–Crippen MR) is 48.9 cm³/mol. The fourth-order valence-electron chi connectivity index (χ4n) is 1.20. The fourth-order valence-corrected chi connectivity index (χ4v) is 1.20. The maximum absolute atomic E-state index is 12.8. The normalized spacial score (nSPS) is 10.8. The number of halogens is 1. The minimum absolute atomic E-state index is 0.0438. The summed E-state index contributed by atoms with van der Waals surface area (Å²) in [5.74, 6) is -0.530. The van der Waals surface area contributed by atoms with Crippen molar-refractivity contribution >= 4 is 0 Å². The molecule has 1 aromatic rings. The van der Waals surface area contributed by atoms with Gasteiger partial charge in [-0.25, -0.2) is 4.39 Å². The van der Waals surface area contributed by atoms with Crippen LogP contribution >= 0.6 is 0 Å². The van der Waals surface area contributed by atoms with Gasteiger partial charge in [0.1, 0.15) is 11.6 Å². The molecule has 0 amide bonds. The van der Waals surface area contributed by atoms with Gasteiger partial charge in [-0.15, -0.1) is 0 Å². The standard InChI is InChI=1S/C9H13FN2O/c10-7-1-2-9(13)8(3-7)6(4-11)5-12/h1-3,6,13H,4-5,11-12H2. The van der Waals surface area contributed by atoms with Crippen LogP contribution in [0.2, 0.25) is 0 Å². The van der Waals surface area contributed by atoms with Gasteiger partial charge in [-0.05, 0) is 18.2 Å². The molecule has 1 aromatic carbocycles. The molecule has 0 atom stereocenters. The molecule has 3 nitrogen and oxygen atoms in total. The topological polar surface area (TPSA) is 72.3 Å². The first kappa shape index (κ1) is 9.95. The van der Waals surface area contributed by atoms with Crippen LogP contribution in [0.4, 0.5) is 4.39 Å². The fraction of sp³-hybridized carbons (Fsp3) is 0.333. The van der Waals surface area contributed by atoms with E-state index in [-0.39, 0.29) is 17.5 Å². The van der Waals surface area contributed by atoms with Crippen molar-refractivity contribution in [2.45, 2.75) is 5.92 Å². The highest BCUT2D eigenvalue weighted by Crippen LogP contribution is 2.25. The summed E-state index contributed by atoms with van der Waals surface area (Å²) in [7, 11) is 0. The third-order valence-corrected chi connectivity index (χ3v) is 2.00. The first-order chi connectivity index (χ1) is 6.19. The monoisotopic (exact) mass is 184 g/mol. The molecule has 0 aromatic heterocycles. The van der Waals surface area contributed by atoms with Crippen molar-refractivity contribution in [3.63, 3.8) is 0 Å². The van der Waals surface area contributed by atoms with Gasteiger partial charge in [-0.2, -0.15) is 0 Å². The molecule has 0 fully saturated rings. The summed E-state index contributed by atoms with van der Waals surface area (Å²) in [5, 5.41) is 9.39. The molecule has 4 heteroatoms. The van der Waals surface area contributed by atoms with Gasteiger partial charge < -0.3 is 16.6 Å². The zero-order valence-electron chi connectivity index (χ0n) is 7.20. The molecule has 0 heterocycles. The average molecular weight is 184 g/mol. The predicted octanol–water partition coefficient (Wildman–Crippen LogP) is 0.532. The summed E-state index contributed by atoms with van der Waals surface area (Å²) < 4.78 is 12.8. The summed E-state index contributed by atoms with van der Waals surface area (Å²) in [5.41, 5.74) is 11.3. The van der Waals surface area contributed by atoms with E-state index in [1.54, 1.807) is 0 Å². The maximum Gasteiger partial charge on any atom is 0.123 e. The van der Waals surface area contributed by atoms with E-state index in [1.165, 1.54) is 18.2 Å². The van der Waals surface area contributed by atoms with E-state index in [4.69, 9.17) is 11.5 Å². The van der Waals surface area contributed by atoms with Crippen LogP contribution in [0.1, 0.15) is 11.5 Å². The molecule has 0 spiro atoms. The van der Waals surface area contributed by atoms with Gasteiger partial charge in [0.2, 0.25) is 0 Å². The number of rotatable bonds is 3. The molecular weight excluding hydrogens is 171 g/mol. The Morgan fingerprint density at radius 1 is 1.31 bits per heavy atom. The number of hydrogen-bond acceptors (Lipinski definition) is 3. The van der Waals surface area contributed by atoms with Crippen molar-refractivity contribution in [1.29, 1.82) is 0 Å². The van der Waals surface area contributed by atoms with Gasteiger partial charge >= 0.3 is 0 Å². The molecule has 1 rings (SSSR count). The lowest BCUT2D eigenvalue weighted by Crippen LogP contribution is -2.21.